The summed E-state index contributed by atoms with van der Waals surface area (Å²) >= 11 is 0. The summed E-state index contributed by atoms with van der Waals surface area (Å²) < 4.78 is 51.9. The van der Waals surface area contributed by atoms with E-state index in [0.29, 0.717) is 35.8 Å². The van der Waals surface area contributed by atoms with Gasteiger partial charge in [-0.25, -0.2) is 0 Å². The molecule has 7 nitrogen and oxygen atoms in total. The van der Waals surface area contributed by atoms with Crippen molar-refractivity contribution in [3.63, 3.8) is 0 Å². The Bertz CT molecular complexity index is 963. The standard InChI is InChI=1S/C25H31F3N2O5/c1-3-34-22-15-18(8-11-21(22)33-2)24(32)20(16-30-12-4-5-13-30)29-23(31)14-17-6-9-19(10-7-17)35-25(26,27)28/h6-11,15,20,24,32H,3-5,12-14,16H2,1-2H3,(H,29,31). The van der Waals surface area contributed by atoms with Gasteiger partial charge in [-0.3, -0.25) is 4.79 Å². The Morgan fingerprint density at radius 1 is 1.11 bits per heavy atom. The summed E-state index contributed by atoms with van der Waals surface area (Å²) in [5.41, 5.74) is 1.10. The number of carbonyl (C=O) groups is 1. The number of halogens is 3. The molecule has 35 heavy (non-hydrogen) atoms. The monoisotopic (exact) mass is 496 g/mol. The molecule has 2 unspecified atom stereocenters. The van der Waals surface area contributed by atoms with Gasteiger partial charge in [-0.1, -0.05) is 18.2 Å². The van der Waals surface area contributed by atoms with Crippen LogP contribution < -0.4 is 19.5 Å². The molecule has 1 saturated heterocycles. The number of nitrogens with zero attached hydrogens (tertiary/aromatic N) is 1. The molecule has 2 aromatic carbocycles. The van der Waals surface area contributed by atoms with Crippen molar-refractivity contribution in [2.45, 2.75) is 44.7 Å². The summed E-state index contributed by atoms with van der Waals surface area (Å²) in [6, 6.07) is 9.69. The molecule has 192 valence electrons. The molecule has 3 rings (SSSR count). The maximum atomic E-state index is 12.8. The molecule has 2 aromatic rings. The normalized spacial score (nSPS) is 15.9. The number of amides is 1. The molecule has 0 radical (unpaired) electrons. The fourth-order valence-electron chi connectivity index (χ4n) is 4.10. The third-order valence-corrected chi connectivity index (χ3v) is 5.73. The molecular weight excluding hydrogens is 465 g/mol. The number of carbonyl (C=O) groups excluding carboxylic acids is 1. The minimum Gasteiger partial charge on any atom is -0.493 e. The zero-order chi connectivity index (χ0) is 25.4. The third kappa shape index (κ3) is 8.03. The van der Waals surface area contributed by atoms with E-state index in [1.165, 1.54) is 31.4 Å². The molecule has 1 fully saturated rings. The van der Waals surface area contributed by atoms with Crippen LogP contribution >= 0.6 is 0 Å². The van der Waals surface area contributed by atoms with Crippen LogP contribution in [0.2, 0.25) is 0 Å². The van der Waals surface area contributed by atoms with Crippen molar-refractivity contribution >= 4 is 5.91 Å². The van der Waals surface area contributed by atoms with Gasteiger partial charge in [-0.2, -0.15) is 0 Å². The zero-order valence-corrected chi connectivity index (χ0v) is 19.8. The van der Waals surface area contributed by atoms with Gasteiger partial charge in [0.25, 0.3) is 0 Å². The Balaban J connectivity index is 1.72. The Labute approximate surface area is 202 Å². The van der Waals surface area contributed by atoms with Crippen LogP contribution in [0.15, 0.2) is 42.5 Å². The lowest BCUT2D eigenvalue weighted by Crippen LogP contribution is -2.47. The molecule has 2 N–H and O–H groups in total. The van der Waals surface area contributed by atoms with Gasteiger partial charge in [0.1, 0.15) is 11.9 Å². The van der Waals surface area contributed by atoms with E-state index in [9.17, 15) is 23.1 Å². The fourth-order valence-corrected chi connectivity index (χ4v) is 4.10. The predicted octanol–water partition coefficient (Wildman–Crippen LogP) is 3.85. The lowest BCUT2D eigenvalue weighted by atomic mass is 10.0. The van der Waals surface area contributed by atoms with Crippen LogP contribution in [-0.2, 0) is 11.2 Å². The van der Waals surface area contributed by atoms with E-state index in [2.05, 4.69) is 15.0 Å². The van der Waals surface area contributed by atoms with Gasteiger partial charge >= 0.3 is 6.36 Å². The van der Waals surface area contributed by atoms with Gasteiger partial charge in [0.05, 0.1) is 26.2 Å². The molecule has 2 atom stereocenters. The smallest absolute Gasteiger partial charge is 0.493 e. The number of benzene rings is 2. The fraction of sp³-hybridized carbons (Fsp3) is 0.480. The topological polar surface area (TPSA) is 80.3 Å². The molecular formula is C25H31F3N2O5. The largest absolute Gasteiger partial charge is 0.573 e. The van der Waals surface area contributed by atoms with Gasteiger partial charge in [-0.05, 0) is 68.2 Å². The first-order valence-corrected chi connectivity index (χ1v) is 11.5. The van der Waals surface area contributed by atoms with Crippen molar-refractivity contribution in [3.05, 3.63) is 53.6 Å². The molecule has 1 heterocycles. The van der Waals surface area contributed by atoms with Crippen LogP contribution in [0.3, 0.4) is 0 Å². The Morgan fingerprint density at radius 2 is 1.80 bits per heavy atom. The molecule has 0 bridgehead atoms. The van der Waals surface area contributed by atoms with Crippen molar-refractivity contribution in [2.24, 2.45) is 0 Å². The second-order valence-electron chi connectivity index (χ2n) is 8.34. The van der Waals surface area contributed by atoms with Crippen LogP contribution in [0, 0.1) is 0 Å². The van der Waals surface area contributed by atoms with E-state index in [1.54, 1.807) is 18.2 Å². The lowest BCUT2D eigenvalue weighted by Gasteiger charge is -2.29. The number of nitrogens with one attached hydrogen (secondary N) is 1. The number of aliphatic hydroxyl groups is 1. The Hall–Kier alpha value is -2.98. The molecule has 10 heteroatoms. The van der Waals surface area contributed by atoms with Crippen LogP contribution in [0.25, 0.3) is 0 Å². The summed E-state index contributed by atoms with van der Waals surface area (Å²) in [7, 11) is 1.53. The van der Waals surface area contributed by atoms with Gasteiger partial charge in [0.2, 0.25) is 5.91 Å². The highest BCUT2D eigenvalue weighted by molar-refractivity contribution is 5.79. The van der Waals surface area contributed by atoms with E-state index in [0.717, 1.165) is 25.9 Å². The number of alkyl halides is 3. The minimum atomic E-state index is -4.78. The first kappa shape index (κ1) is 26.6. The average Bonchev–Trinajstić information content (AvgIpc) is 3.32. The van der Waals surface area contributed by atoms with Gasteiger partial charge in [0, 0.05) is 6.54 Å². The highest BCUT2D eigenvalue weighted by Gasteiger charge is 2.31. The number of ether oxygens (including phenoxy) is 3. The highest BCUT2D eigenvalue weighted by atomic mass is 19.4. The predicted molar refractivity (Wildman–Crippen MR) is 124 cm³/mol. The summed E-state index contributed by atoms with van der Waals surface area (Å²) in [6.45, 7) is 4.50. The van der Waals surface area contributed by atoms with Gasteiger partial charge in [-0.15, -0.1) is 13.2 Å². The number of methoxy groups -OCH3 is 1. The maximum Gasteiger partial charge on any atom is 0.573 e. The molecule has 0 saturated carbocycles. The van der Waals surface area contributed by atoms with Gasteiger partial charge in [0.15, 0.2) is 11.5 Å². The zero-order valence-electron chi connectivity index (χ0n) is 19.8. The van der Waals surface area contributed by atoms with Crippen molar-refractivity contribution in [2.75, 3.05) is 33.4 Å². The summed E-state index contributed by atoms with van der Waals surface area (Å²) in [4.78, 5) is 15.0. The minimum absolute atomic E-state index is 0.0532. The first-order valence-electron chi connectivity index (χ1n) is 11.5. The molecule has 0 aliphatic carbocycles. The molecule has 0 spiro atoms. The van der Waals surface area contributed by atoms with Crippen molar-refractivity contribution in [1.29, 1.82) is 0 Å². The number of likely N-dealkylation sites (tertiary alicyclic amines) is 1. The quantitative estimate of drug-likeness (QED) is 0.492. The van der Waals surface area contributed by atoms with E-state index >= 15 is 0 Å². The Morgan fingerprint density at radius 3 is 2.40 bits per heavy atom. The highest BCUT2D eigenvalue weighted by Crippen LogP contribution is 2.32. The van der Waals surface area contributed by atoms with Crippen LogP contribution in [-0.4, -0.2) is 61.7 Å². The van der Waals surface area contributed by atoms with Crippen molar-refractivity contribution in [3.8, 4) is 17.2 Å². The molecule has 1 aliphatic heterocycles. The number of aliphatic hydroxyl groups excluding tert-OH is 1. The van der Waals surface area contributed by atoms with Crippen LogP contribution in [0.4, 0.5) is 13.2 Å². The van der Waals surface area contributed by atoms with Crippen molar-refractivity contribution in [1.82, 2.24) is 10.2 Å². The van der Waals surface area contributed by atoms with E-state index in [-0.39, 0.29) is 18.1 Å². The van der Waals surface area contributed by atoms with Crippen LogP contribution in [0.1, 0.15) is 37.0 Å². The number of hydrogen-bond acceptors (Lipinski definition) is 6. The average molecular weight is 497 g/mol. The summed E-state index contributed by atoms with van der Waals surface area (Å²) in [5, 5.41) is 14.1. The van der Waals surface area contributed by atoms with Crippen LogP contribution in [0.5, 0.6) is 17.2 Å². The SMILES string of the molecule is CCOc1cc(C(O)C(CN2CCCC2)NC(=O)Cc2ccc(OC(F)(F)F)cc2)ccc1OC. The summed E-state index contributed by atoms with van der Waals surface area (Å²) in [6.07, 6.45) is -3.73. The van der Waals surface area contributed by atoms with Gasteiger partial charge < -0.3 is 29.5 Å². The second kappa shape index (κ2) is 12.1. The van der Waals surface area contributed by atoms with E-state index in [1.807, 2.05) is 6.92 Å². The van der Waals surface area contributed by atoms with E-state index < -0.39 is 18.5 Å². The molecule has 0 aromatic heterocycles. The molecule has 1 amide bonds. The maximum absolute atomic E-state index is 12.8. The Kier molecular flexibility index (Phi) is 9.22. The van der Waals surface area contributed by atoms with E-state index in [4.69, 9.17) is 9.47 Å². The summed E-state index contributed by atoms with van der Waals surface area (Å²) in [5.74, 6) is 0.338. The van der Waals surface area contributed by atoms with Crippen molar-refractivity contribution < 1.29 is 37.3 Å². The first-order chi connectivity index (χ1) is 16.7. The number of rotatable bonds is 11. The molecule has 1 aliphatic rings. The second-order valence-corrected chi connectivity index (χ2v) is 8.34. The number of hydrogen-bond donors (Lipinski definition) is 2. The lowest BCUT2D eigenvalue weighted by molar-refractivity contribution is -0.274. The third-order valence-electron chi connectivity index (χ3n) is 5.73.